The van der Waals surface area contributed by atoms with E-state index in [0.29, 0.717) is 12.0 Å². The predicted octanol–water partition coefficient (Wildman–Crippen LogP) is 1.82. The molecule has 60 valence electrons. The van der Waals surface area contributed by atoms with Gasteiger partial charge in [-0.1, -0.05) is 25.7 Å². The van der Waals surface area contributed by atoms with Gasteiger partial charge in [0.2, 0.25) is 0 Å². The number of hydrogen-bond acceptors (Lipinski definition) is 1. The van der Waals surface area contributed by atoms with E-state index in [1.807, 2.05) is 0 Å². The van der Waals surface area contributed by atoms with Crippen LogP contribution in [0.25, 0.3) is 0 Å². The van der Waals surface area contributed by atoms with Crippen LogP contribution in [0.3, 0.4) is 0 Å². The summed E-state index contributed by atoms with van der Waals surface area (Å²) in [5, 5.41) is 0. The molecular weight excluding hydrogens is 136 g/mol. The predicted molar refractivity (Wildman–Crippen MR) is 44.0 cm³/mol. The van der Waals surface area contributed by atoms with Crippen LogP contribution in [0.4, 0.5) is 0 Å². The van der Waals surface area contributed by atoms with Crippen molar-refractivity contribution in [2.24, 2.45) is 11.3 Å². The number of fused-ring (bicyclic) bond motifs is 1. The van der Waals surface area contributed by atoms with Gasteiger partial charge in [-0.3, -0.25) is 0 Å². The van der Waals surface area contributed by atoms with Gasteiger partial charge in [0, 0.05) is 5.92 Å². The van der Waals surface area contributed by atoms with Crippen molar-refractivity contribution in [3.8, 4) is 11.8 Å². The lowest BCUT2D eigenvalue weighted by atomic mass is 9.71. The molecule has 11 heavy (non-hydrogen) atoms. The molecule has 0 aromatic rings. The van der Waals surface area contributed by atoms with Gasteiger partial charge in [0.25, 0.3) is 0 Å². The average molecular weight is 150 g/mol. The number of ether oxygens (including phenoxy) is 1. The first-order chi connectivity index (χ1) is 5.20. The minimum atomic E-state index is 0.287. The maximum absolute atomic E-state index is 5.46. The van der Waals surface area contributed by atoms with E-state index in [4.69, 9.17) is 4.74 Å². The molecule has 2 bridgehead atoms. The van der Waals surface area contributed by atoms with E-state index in [1.165, 1.54) is 12.8 Å². The van der Waals surface area contributed by atoms with Crippen molar-refractivity contribution in [2.75, 3.05) is 6.61 Å². The van der Waals surface area contributed by atoms with Gasteiger partial charge in [0.1, 0.15) is 0 Å². The molecule has 2 heterocycles. The molecule has 0 N–H and O–H groups in total. The Balaban J connectivity index is 2.02. The van der Waals surface area contributed by atoms with Crippen LogP contribution in [0.1, 0.15) is 26.7 Å². The summed E-state index contributed by atoms with van der Waals surface area (Å²) in [4.78, 5) is 0. The first-order valence-corrected chi connectivity index (χ1v) is 4.34. The SMILES string of the molecule is CC(C)C#CC12COC(C1)C2. The molecule has 3 aliphatic rings. The van der Waals surface area contributed by atoms with Gasteiger partial charge in [-0.15, -0.1) is 0 Å². The molecule has 3 rings (SSSR count). The quantitative estimate of drug-likeness (QED) is 0.479. The van der Waals surface area contributed by atoms with Crippen LogP contribution in [0, 0.1) is 23.2 Å². The van der Waals surface area contributed by atoms with E-state index in [2.05, 4.69) is 25.7 Å². The molecular formula is C10H14O. The second kappa shape index (κ2) is 2.25. The van der Waals surface area contributed by atoms with Crippen LogP contribution < -0.4 is 0 Å². The van der Waals surface area contributed by atoms with Crippen LogP contribution in [0.5, 0.6) is 0 Å². The van der Waals surface area contributed by atoms with E-state index in [9.17, 15) is 0 Å². The molecule has 0 radical (unpaired) electrons. The largest absolute Gasteiger partial charge is 0.377 e. The molecule has 0 unspecified atom stereocenters. The lowest BCUT2D eigenvalue weighted by molar-refractivity contribution is 0.121. The Labute approximate surface area is 68.1 Å². The summed E-state index contributed by atoms with van der Waals surface area (Å²) in [7, 11) is 0. The van der Waals surface area contributed by atoms with E-state index in [-0.39, 0.29) is 5.41 Å². The topological polar surface area (TPSA) is 9.23 Å². The first kappa shape index (κ1) is 7.18. The Morgan fingerprint density at radius 2 is 2.18 bits per heavy atom. The highest BCUT2D eigenvalue weighted by atomic mass is 16.5. The molecule has 1 heteroatoms. The molecule has 2 saturated heterocycles. The molecule has 0 amide bonds. The third-order valence-corrected chi connectivity index (χ3v) is 2.46. The Morgan fingerprint density at radius 3 is 2.64 bits per heavy atom. The Morgan fingerprint density at radius 1 is 1.45 bits per heavy atom. The van der Waals surface area contributed by atoms with Crippen LogP contribution in [0.2, 0.25) is 0 Å². The van der Waals surface area contributed by atoms with Crippen LogP contribution >= 0.6 is 0 Å². The van der Waals surface area contributed by atoms with Crippen molar-refractivity contribution in [3.05, 3.63) is 0 Å². The molecule has 0 aromatic carbocycles. The van der Waals surface area contributed by atoms with Crippen molar-refractivity contribution in [2.45, 2.75) is 32.8 Å². The maximum Gasteiger partial charge on any atom is 0.0637 e. The minimum absolute atomic E-state index is 0.287. The molecule has 0 aromatic heterocycles. The molecule has 0 atom stereocenters. The smallest absolute Gasteiger partial charge is 0.0637 e. The van der Waals surface area contributed by atoms with Gasteiger partial charge in [-0.25, -0.2) is 0 Å². The molecule has 1 saturated carbocycles. The second-order valence-electron chi connectivity index (χ2n) is 4.05. The standard InChI is InChI=1S/C10H14O/c1-8(2)3-4-10-5-9(6-10)11-7-10/h8-9H,5-7H2,1-2H3. The lowest BCUT2D eigenvalue weighted by Crippen LogP contribution is -2.31. The summed E-state index contributed by atoms with van der Waals surface area (Å²) >= 11 is 0. The Hall–Kier alpha value is -0.480. The van der Waals surface area contributed by atoms with E-state index in [1.54, 1.807) is 0 Å². The molecule has 2 aliphatic heterocycles. The monoisotopic (exact) mass is 150 g/mol. The number of hydrogen-bond donors (Lipinski definition) is 0. The van der Waals surface area contributed by atoms with Crippen LogP contribution in [-0.2, 0) is 4.74 Å². The van der Waals surface area contributed by atoms with E-state index in [0.717, 1.165) is 6.61 Å². The summed E-state index contributed by atoms with van der Waals surface area (Å²) in [5.74, 6) is 7.09. The lowest BCUT2D eigenvalue weighted by Gasteiger charge is -2.29. The van der Waals surface area contributed by atoms with Gasteiger partial charge in [-0.05, 0) is 12.8 Å². The van der Waals surface area contributed by atoms with Gasteiger partial charge in [0.15, 0.2) is 0 Å². The average Bonchev–Trinajstić information content (AvgIpc) is 2.38. The second-order valence-corrected chi connectivity index (χ2v) is 4.05. The fourth-order valence-corrected chi connectivity index (χ4v) is 1.76. The van der Waals surface area contributed by atoms with Crippen molar-refractivity contribution in [1.29, 1.82) is 0 Å². The van der Waals surface area contributed by atoms with Crippen molar-refractivity contribution in [1.82, 2.24) is 0 Å². The summed E-state index contributed by atoms with van der Waals surface area (Å²) in [6.07, 6.45) is 2.93. The van der Waals surface area contributed by atoms with Gasteiger partial charge in [0.05, 0.1) is 18.1 Å². The summed E-state index contributed by atoms with van der Waals surface area (Å²) in [6.45, 7) is 5.16. The van der Waals surface area contributed by atoms with E-state index < -0.39 is 0 Å². The van der Waals surface area contributed by atoms with Crippen molar-refractivity contribution >= 4 is 0 Å². The summed E-state index contributed by atoms with van der Waals surface area (Å²) in [6, 6.07) is 0. The third-order valence-electron chi connectivity index (χ3n) is 2.46. The Kier molecular flexibility index (Phi) is 1.47. The summed E-state index contributed by atoms with van der Waals surface area (Å²) < 4.78 is 5.46. The van der Waals surface area contributed by atoms with Gasteiger partial charge in [-0.2, -0.15) is 0 Å². The normalized spacial score (nSPS) is 39.7. The Bertz CT molecular complexity index is 207. The highest BCUT2D eigenvalue weighted by molar-refractivity contribution is 5.21. The fraction of sp³-hybridized carbons (Fsp3) is 0.800. The number of rotatable bonds is 0. The zero-order valence-electron chi connectivity index (χ0n) is 7.18. The fourth-order valence-electron chi connectivity index (χ4n) is 1.76. The highest BCUT2D eigenvalue weighted by Gasteiger charge is 2.50. The van der Waals surface area contributed by atoms with Crippen molar-refractivity contribution in [3.63, 3.8) is 0 Å². The van der Waals surface area contributed by atoms with Gasteiger partial charge >= 0.3 is 0 Å². The molecule has 1 nitrogen and oxygen atoms in total. The van der Waals surface area contributed by atoms with Crippen LogP contribution in [-0.4, -0.2) is 12.7 Å². The zero-order valence-corrected chi connectivity index (χ0v) is 7.18. The van der Waals surface area contributed by atoms with E-state index >= 15 is 0 Å². The molecule has 1 aliphatic carbocycles. The van der Waals surface area contributed by atoms with Gasteiger partial charge < -0.3 is 4.74 Å². The minimum Gasteiger partial charge on any atom is -0.377 e. The third kappa shape index (κ3) is 1.16. The maximum atomic E-state index is 5.46. The van der Waals surface area contributed by atoms with Crippen molar-refractivity contribution < 1.29 is 4.74 Å². The first-order valence-electron chi connectivity index (χ1n) is 4.34. The molecule has 3 fully saturated rings. The zero-order chi connectivity index (χ0) is 7.90. The highest BCUT2D eigenvalue weighted by Crippen LogP contribution is 2.49. The van der Waals surface area contributed by atoms with Crippen LogP contribution in [0.15, 0.2) is 0 Å². The summed E-state index contributed by atoms with van der Waals surface area (Å²) in [5.41, 5.74) is 0.287. The molecule has 0 spiro atoms.